The van der Waals surface area contributed by atoms with Crippen LogP contribution in [0.5, 0.6) is 5.75 Å². The van der Waals surface area contributed by atoms with Crippen LogP contribution in [0.25, 0.3) is 0 Å². The molecule has 1 unspecified atom stereocenters. The van der Waals surface area contributed by atoms with Crippen LogP contribution in [0.2, 0.25) is 0 Å². The molecule has 0 aromatic heterocycles. The molecule has 0 fully saturated rings. The normalized spacial score (nSPS) is 12.2. The Morgan fingerprint density at radius 3 is 2.83 bits per heavy atom. The minimum Gasteiger partial charge on any atom is -0.497 e. The van der Waals surface area contributed by atoms with Gasteiger partial charge in [0.05, 0.1) is 7.11 Å². The van der Waals surface area contributed by atoms with Crippen LogP contribution in [0.3, 0.4) is 0 Å². The first-order chi connectivity index (χ1) is 8.56. The molecule has 0 saturated carbocycles. The molecule has 0 saturated heterocycles. The molecule has 1 aromatic carbocycles. The number of hydrogen-bond acceptors (Lipinski definition) is 3. The minimum absolute atomic E-state index is 0.240. The zero-order chi connectivity index (χ0) is 13.5. The first-order valence-electron chi connectivity index (χ1n) is 6.11. The number of ketones is 1. The van der Waals surface area contributed by atoms with Gasteiger partial charge in [-0.05, 0) is 42.6 Å². The van der Waals surface area contributed by atoms with Gasteiger partial charge in [0.25, 0.3) is 0 Å². The van der Waals surface area contributed by atoms with Crippen molar-refractivity contribution in [1.82, 2.24) is 0 Å². The highest BCUT2D eigenvalue weighted by Gasteiger charge is 2.10. The van der Waals surface area contributed by atoms with E-state index in [-0.39, 0.29) is 5.78 Å². The van der Waals surface area contributed by atoms with E-state index in [2.05, 4.69) is 22.9 Å². The number of rotatable bonds is 7. The Morgan fingerprint density at radius 2 is 2.22 bits per heavy atom. The number of benzene rings is 1. The molecule has 0 heterocycles. The van der Waals surface area contributed by atoms with Gasteiger partial charge in [-0.15, -0.1) is 0 Å². The van der Waals surface area contributed by atoms with Gasteiger partial charge in [0.15, 0.2) is 0 Å². The van der Waals surface area contributed by atoms with Crippen LogP contribution in [0.1, 0.15) is 25.3 Å². The van der Waals surface area contributed by atoms with E-state index in [1.165, 1.54) is 0 Å². The van der Waals surface area contributed by atoms with Crippen LogP contribution >= 0.6 is 15.9 Å². The van der Waals surface area contributed by atoms with E-state index in [1.54, 1.807) is 7.11 Å². The molecule has 4 heteroatoms. The maximum Gasteiger partial charge on any atom is 0.137 e. The summed E-state index contributed by atoms with van der Waals surface area (Å²) in [6.45, 7) is 2.70. The molecule has 2 N–H and O–H groups in total. The van der Waals surface area contributed by atoms with Crippen molar-refractivity contribution in [3.8, 4) is 5.75 Å². The maximum absolute atomic E-state index is 11.9. The zero-order valence-corrected chi connectivity index (χ0v) is 12.5. The second kappa shape index (κ2) is 7.54. The Hall–Kier alpha value is -0.870. The molecular formula is C14H20BrNO2. The lowest BCUT2D eigenvalue weighted by molar-refractivity contribution is -0.118. The van der Waals surface area contributed by atoms with Crippen molar-refractivity contribution in [3.63, 3.8) is 0 Å². The van der Waals surface area contributed by atoms with Crippen molar-refractivity contribution >= 4 is 21.7 Å². The standard InChI is InChI=1S/C14H20BrNO2/c1-10(9-16)3-4-12(17)7-11-8-13(18-2)5-6-14(11)15/h5-6,8,10H,3-4,7,9,16H2,1-2H3. The lowest BCUT2D eigenvalue weighted by Gasteiger charge is -2.09. The largest absolute Gasteiger partial charge is 0.497 e. The molecule has 0 aliphatic heterocycles. The van der Waals surface area contributed by atoms with Crippen molar-refractivity contribution in [1.29, 1.82) is 0 Å². The Balaban J connectivity index is 2.58. The highest BCUT2D eigenvalue weighted by Crippen LogP contribution is 2.23. The third-order valence-electron chi connectivity index (χ3n) is 2.96. The summed E-state index contributed by atoms with van der Waals surface area (Å²) in [7, 11) is 1.62. The minimum atomic E-state index is 0.240. The highest BCUT2D eigenvalue weighted by molar-refractivity contribution is 9.10. The summed E-state index contributed by atoms with van der Waals surface area (Å²) in [4.78, 5) is 11.9. The number of hydrogen-bond donors (Lipinski definition) is 1. The van der Waals surface area contributed by atoms with Gasteiger partial charge in [0.1, 0.15) is 11.5 Å². The van der Waals surface area contributed by atoms with Crippen molar-refractivity contribution in [2.24, 2.45) is 11.7 Å². The lowest BCUT2D eigenvalue weighted by atomic mass is 10.00. The van der Waals surface area contributed by atoms with Crippen LogP contribution in [-0.4, -0.2) is 19.4 Å². The summed E-state index contributed by atoms with van der Waals surface area (Å²) in [6.07, 6.45) is 1.88. The SMILES string of the molecule is COc1ccc(Br)c(CC(=O)CCC(C)CN)c1. The van der Waals surface area contributed by atoms with Crippen LogP contribution in [0, 0.1) is 5.92 Å². The second-order valence-corrected chi connectivity index (χ2v) is 5.41. The van der Waals surface area contributed by atoms with E-state index in [9.17, 15) is 4.79 Å². The Labute approximate surface area is 117 Å². The molecular weight excluding hydrogens is 294 g/mol. The van der Waals surface area contributed by atoms with Gasteiger partial charge in [-0.3, -0.25) is 4.79 Å². The van der Waals surface area contributed by atoms with Gasteiger partial charge in [-0.2, -0.15) is 0 Å². The van der Waals surface area contributed by atoms with Crippen molar-refractivity contribution in [2.45, 2.75) is 26.2 Å². The molecule has 1 aromatic rings. The van der Waals surface area contributed by atoms with Gasteiger partial charge in [-0.1, -0.05) is 22.9 Å². The van der Waals surface area contributed by atoms with Gasteiger partial charge in [-0.25, -0.2) is 0 Å². The van der Waals surface area contributed by atoms with Crippen LogP contribution in [0.4, 0.5) is 0 Å². The summed E-state index contributed by atoms with van der Waals surface area (Å²) >= 11 is 3.45. The summed E-state index contributed by atoms with van der Waals surface area (Å²) in [5.41, 5.74) is 6.51. The van der Waals surface area contributed by atoms with Gasteiger partial charge in [0.2, 0.25) is 0 Å². The first-order valence-corrected chi connectivity index (χ1v) is 6.90. The average molecular weight is 314 g/mol. The Bertz CT molecular complexity index is 407. The molecule has 100 valence electrons. The molecule has 0 radical (unpaired) electrons. The van der Waals surface area contributed by atoms with Crippen LogP contribution in [0.15, 0.2) is 22.7 Å². The number of methoxy groups -OCH3 is 1. The van der Waals surface area contributed by atoms with E-state index >= 15 is 0 Å². The van der Waals surface area contributed by atoms with Crippen molar-refractivity contribution < 1.29 is 9.53 Å². The predicted molar refractivity (Wildman–Crippen MR) is 76.9 cm³/mol. The molecule has 0 spiro atoms. The third kappa shape index (κ3) is 4.78. The lowest BCUT2D eigenvalue weighted by Crippen LogP contribution is -2.13. The van der Waals surface area contributed by atoms with Gasteiger partial charge in [0, 0.05) is 17.3 Å². The fraction of sp³-hybridized carbons (Fsp3) is 0.500. The Kier molecular flexibility index (Phi) is 6.36. The quantitative estimate of drug-likeness (QED) is 0.842. The van der Waals surface area contributed by atoms with Crippen LogP contribution < -0.4 is 10.5 Å². The number of carbonyl (C=O) groups is 1. The zero-order valence-electron chi connectivity index (χ0n) is 10.9. The number of carbonyl (C=O) groups excluding carboxylic acids is 1. The molecule has 0 aliphatic rings. The average Bonchev–Trinajstić information content (AvgIpc) is 2.38. The van der Waals surface area contributed by atoms with E-state index in [4.69, 9.17) is 10.5 Å². The summed E-state index contributed by atoms with van der Waals surface area (Å²) in [6, 6.07) is 5.67. The number of halogens is 1. The van der Waals surface area contributed by atoms with Crippen molar-refractivity contribution in [3.05, 3.63) is 28.2 Å². The van der Waals surface area contributed by atoms with E-state index in [0.29, 0.717) is 25.3 Å². The fourth-order valence-corrected chi connectivity index (χ4v) is 2.03. The molecule has 1 rings (SSSR count). The molecule has 18 heavy (non-hydrogen) atoms. The summed E-state index contributed by atoms with van der Waals surface area (Å²) < 4.78 is 6.11. The van der Waals surface area contributed by atoms with Crippen molar-refractivity contribution in [2.75, 3.05) is 13.7 Å². The van der Waals surface area contributed by atoms with E-state index in [1.807, 2.05) is 18.2 Å². The first kappa shape index (κ1) is 15.2. The molecule has 0 amide bonds. The summed E-state index contributed by atoms with van der Waals surface area (Å²) in [5, 5.41) is 0. The third-order valence-corrected chi connectivity index (χ3v) is 3.73. The maximum atomic E-state index is 11.9. The molecule has 0 bridgehead atoms. The number of Topliss-reactive ketones (excluding diaryl/α,β-unsaturated/α-hetero) is 1. The monoisotopic (exact) mass is 313 g/mol. The summed E-state index contributed by atoms with van der Waals surface area (Å²) in [5.74, 6) is 1.42. The van der Waals surface area contributed by atoms with E-state index in [0.717, 1.165) is 22.2 Å². The molecule has 1 atom stereocenters. The smallest absolute Gasteiger partial charge is 0.137 e. The highest BCUT2D eigenvalue weighted by atomic mass is 79.9. The predicted octanol–water partition coefficient (Wildman–Crippen LogP) is 2.94. The van der Waals surface area contributed by atoms with Gasteiger partial charge >= 0.3 is 0 Å². The van der Waals surface area contributed by atoms with Gasteiger partial charge < -0.3 is 10.5 Å². The number of nitrogens with two attached hydrogens (primary N) is 1. The number of ether oxygens (including phenoxy) is 1. The topological polar surface area (TPSA) is 52.3 Å². The van der Waals surface area contributed by atoms with E-state index < -0.39 is 0 Å². The fourth-order valence-electron chi connectivity index (χ4n) is 1.64. The van der Waals surface area contributed by atoms with Crippen LogP contribution in [-0.2, 0) is 11.2 Å². The molecule has 0 aliphatic carbocycles. The Morgan fingerprint density at radius 1 is 1.50 bits per heavy atom. The molecule has 3 nitrogen and oxygen atoms in total. The second-order valence-electron chi connectivity index (χ2n) is 4.55.